The van der Waals surface area contributed by atoms with Gasteiger partial charge in [0.2, 0.25) is 0 Å². The molecule has 0 aromatic carbocycles. The van der Waals surface area contributed by atoms with Crippen LogP contribution < -0.4 is 4.57 Å². The van der Waals surface area contributed by atoms with Crippen LogP contribution in [0.4, 0.5) is 0 Å². The number of aromatic nitrogens is 2. The number of hydrogen-bond donors (Lipinski definition) is 0. The molecule has 0 saturated heterocycles. The summed E-state index contributed by atoms with van der Waals surface area (Å²) in [7, 11) is 0. The van der Waals surface area contributed by atoms with E-state index in [4.69, 9.17) is 0 Å². The lowest BCUT2D eigenvalue weighted by Gasteiger charge is -2.03. The van der Waals surface area contributed by atoms with Gasteiger partial charge in [0, 0.05) is 6.92 Å². The van der Waals surface area contributed by atoms with Gasteiger partial charge in [-0.3, -0.25) is 0 Å². The lowest BCUT2D eigenvalue weighted by Crippen LogP contribution is -2.35. The Morgan fingerprint density at radius 1 is 0.769 bits per heavy atom. The normalized spacial score (nSPS) is 11.3. The molecule has 1 radical (unpaired) electrons. The molecule has 2 nitrogen and oxygen atoms in total. The zero-order chi connectivity index (χ0) is 18.9. The molecular formula is C24H46N2+. The Balaban J connectivity index is 2.05. The minimum atomic E-state index is 1.10. The molecule has 0 N–H and O–H groups in total. The molecule has 0 aliphatic heterocycles. The molecular weight excluding hydrogens is 316 g/mol. The summed E-state index contributed by atoms with van der Waals surface area (Å²) < 4.78 is 4.91. The van der Waals surface area contributed by atoms with Gasteiger partial charge in [-0.25, -0.2) is 9.13 Å². The zero-order valence-corrected chi connectivity index (χ0v) is 18.0. The average molecular weight is 363 g/mol. The molecule has 0 fully saturated rings. The summed E-state index contributed by atoms with van der Waals surface area (Å²) >= 11 is 0. The molecule has 0 unspecified atom stereocenters. The third kappa shape index (κ3) is 11.0. The third-order valence-corrected chi connectivity index (χ3v) is 5.66. The SMILES string of the molecule is [CH2]CCCCCCCCC[n+]1ccn(CCCCCCCCCC)c1C. The van der Waals surface area contributed by atoms with Crippen LogP contribution in [-0.2, 0) is 13.1 Å². The smallest absolute Gasteiger partial charge is 0.234 e. The van der Waals surface area contributed by atoms with Gasteiger partial charge >= 0.3 is 0 Å². The number of aryl methyl sites for hydroxylation is 2. The largest absolute Gasteiger partial charge is 0.253 e. The first-order valence-electron chi connectivity index (χ1n) is 11.6. The van der Waals surface area contributed by atoms with Crippen LogP contribution in [0.3, 0.4) is 0 Å². The van der Waals surface area contributed by atoms with E-state index in [1.165, 1.54) is 115 Å². The summed E-state index contributed by atoms with van der Waals surface area (Å²) in [6.07, 6.45) is 26.5. The van der Waals surface area contributed by atoms with E-state index < -0.39 is 0 Å². The summed E-state index contributed by atoms with van der Waals surface area (Å²) in [5, 5.41) is 0. The summed E-state index contributed by atoms with van der Waals surface area (Å²) in [5.74, 6) is 1.43. The van der Waals surface area contributed by atoms with Crippen molar-refractivity contribution in [2.75, 3.05) is 0 Å². The molecule has 0 saturated carbocycles. The first-order valence-corrected chi connectivity index (χ1v) is 11.6. The molecule has 1 aromatic heterocycles. The van der Waals surface area contributed by atoms with Crippen LogP contribution in [-0.4, -0.2) is 4.57 Å². The van der Waals surface area contributed by atoms with Crippen molar-refractivity contribution in [1.29, 1.82) is 0 Å². The Morgan fingerprint density at radius 3 is 1.92 bits per heavy atom. The molecule has 0 aliphatic carbocycles. The number of imidazole rings is 1. The molecule has 0 amide bonds. The summed E-state index contributed by atoms with van der Waals surface area (Å²) in [5.41, 5.74) is 0. The average Bonchev–Trinajstić information content (AvgIpc) is 2.99. The fourth-order valence-corrected chi connectivity index (χ4v) is 3.77. The molecule has 0 bridgehead atoms. The van der Waals surface area contributed by atoms with Crippen molar-refractivity contribution in [3.8, 4) is 0 Å². The molecule has 1 rings (SSSR count). The predicted molar refractivity (Wildman–Crippen MR) is 114 cm³/mol. The van der Waals surface area contributed by atoms with Crippen molar-refractivity contribution < 1.29 is 4.57 Å². The van der Waals surface area contributed by atoms with Crippen LogP contribution in [0.1, 0.15) is 115 Å². The van der Waals surface area contributed by atoms with E-state index in [-0.39, 0.29) is 0 Å². The fourth-order valence-electron chi connectivity index (χ4n) is 3.77. The second-order valence-corrected chi connectivity index (χ2v) is 8.04. The molecule has 1 heterocycles. The standard InChI is InChI=1S/C24H46N2/c1-4-6-8-10-12-14-16-18-20-25-22-23-26(24(25)3)21-19-17-15-13-11-9-7-5-2/h22-23H,1,4-21H2,2-3H3/q+1. The highest BCUT2D eigenvalue weighted by Gasteiger charge is 2.11. The van der Waals surface area contributed by atoms with Crippen molar-refractivity contribution in [2.45, 2.75) is 130 Å². The van der Waals surface area contributed by atoms with Crippen LogP contribution in [0.5, 0.6) is 0 Å². The predicted octanol–water partition coefficient (Wildman–Crippen LogP) is 7.18. The zero-order valence-electron chi connectivity index (χ0n) is 18.0. The monoisotopic (exact) mass is 362 g/mol. The first-order chi connectivity index (χ1) is 12.8. The number of nitrogens with zero attached hydrogens (tertiary/aromatic N) is 2. The van der Waals surface area contributed by atoms with Gasteiger partial charge in [0.1, 0.15) is 12.4 Å². The van der Waals surface area contributed by atoms with Gasteiger partial charge in [-0.05, 0) is 25.7 Å². The molecule has 26 heavy (non-hydrogen) atoms. The van der Waals surface area contributed by atoms with Gasteiger partial charge in [-0.15, -0.1) is 0 Å². The van der Waals surface area contributed by atoms with Gasteiger partial charge in [-0.2, -0.15) is 0 Å². The van der Waals surface area contributed by atoms with Crippen LogP contribution in [0, 0.1) is 13.8 Å². The maximum absolute atomic E-state index is 3.91. The third-order valence-electron chi connectivity index (χ3n) is 5.66. The van der Waals surface area contributed by atoms with Crippen molar-refractivity contribution in [1.82, 2.24) is 4.57 Å². The van der Waals surface area contributed by atoms with Gasteiger partial charge in [0.05, 0.1) is 13.1 Å². The molecule has 2 heteroatoms. The summed E-state index contributed by atoms with van der Waals surface area (Å²) in [6.45, 7) is 10.9. The van der Waals surface area contributed by atoms with Crippen molar-refractivity contribution in [2.24, 2.45) is 0 Å². The van der Waals surface area contributed by atoms with Crippen LogP contribution in [0.25, 0.3) is 0 Å². The number of hydrogen-bond acceptors (Lipinski definition) is 0. The second kappa shape index (κ2) is 16.4. The minimum absolute atomic E-state index is 1.10. The number of rotatable bonds is 18. The van der Waals surface area contributed by atoms with E-state index in [0.717, 1.165) is 6.42 Å². The number of unbranched alkanes of at least 4 members (excludes halogenated alkanes) is 14. The minimum Gasteiger partial charge on any atom is -0.234 e. The van der Waals surface area contributed by atoms with Crippen molar-refractivity contribution in [3.05, 3.63) is 25.1 Å². The molecule has 1 aromatic rings. The van der Waals surface area contributed by atoms with E-state index in [1.807, 2.05) is 0 Å². The van der Waals surface area contributed by atoms with Crippen LogP contribution in [0.15, 0.2) is 12.4 Å². The molecule has 0 aliphatic rings. The molecule has 151 valence electrons. The Kier molecular flexibility index (Phi) is 14.7. The second-order valence-electron chi connectivity index (χ2n) is 8.04. The molecule has 0 spiro atoms. The lowest BCUT2D eigenvalue weighted by atomic mass is 10.1. The molecule has 0 atom stereocenters. The van der Waals surface area contributed by atoms with E-state index in [9.17, 15) is 0 Å². The van der Waals surface area contributed by atoms with Gasteiger partial charge in [0.15, 0.2) is 0 Å². The topological polar surface area (TPSA) is 8.81 Å². The van der Waals surface area contributed by atoms with E-state index in [1.54, 1.807) is 0 Å². The quantitative estimate of drug-likeness (QED) is 0.193. The summed E-state index contributed by atoms with van der Waals surface area (Å²) in [4.78, 5) is 0. The van der Waals surface area contributed by atoms with Gasteiger partial charge in [0.25, 0.3) is 5.82 Å². The Bertz CT molecular complexity index is 384. The maximum Gasteiger partial charge on any atom is 0.253 e. The van der Waals surface area contributed by atoms with E-state index in [2.05, 4.69) is 42.3 Å². The first kappa shape index (κ1) is 23.2. The van der Waals surface area contributed by atoms with Crippen LogP contribution in [0.2, 0.25) is 0 Å². The van der Waals surface area contributed by atoms with Gasteiger partial charge in [-0.1, -0.05) is 90.9 Å². The van der Waals surface area contributed by atoms with Crippen molar-refractivity contribution in [3.63, 3.8) is 0 Å². The van der Waals surface area contributed by atoms with Crippen molar-refractivity contribution >= 4 is 0 Å². The van der Waals surface area contributed by atoms with Gasteiger partial charge < -0.3 is 0 Å². The highest BCUT2D eigenvalue weighted by molar-refractivity contribution is 4.79. The highest BCUT2D eigenvalue weighted by atomic mass is 15.1. The lowest BCUT2D eigenvalue weighted by molar-refractivity contribution is -0.702. The Morgan fingerprint density at radius 2 is 1.31 bits per heavy atom. The maximum atomic E-state index is 3.91. The Labute approximate surface area is 164 Å². The fraction of sp³-hybridized carbons (Fsp3) is 0.833. The van der Waals surface area contributed by atoms with Crippen LogP contribution >= 0.6 is 0 Å². The van der Waals surface area contributed by atoms with E-state index >= 15 is 0 Å². The summed E-state index contributed by atoms with van der Waals surface area (Å²) in [6, 6.07) is 0. The Hall–Kier alpha value is -0.790. The van der Waals surface area contributed by atoms with E-state index in [0.29, 0.717) is 0 Å². The highest BCUT2D eigenvalue weighted by Crippen LogP contribution is 2.10.